The van der Waals surface area contributed by atoms with Gasteiger partial charge >= 0.3 is 0 Å². The van der Waals surface area contributed by atoms with E-state index < -0.39 is 0 Å². The Labute approximate surface area is 129 Å². The van der Waals surface area contributed by atoms with Gasteiger partial charge < -0.3 is 0 Å². The summed E-state index contributed by atoms with van der Waals surface area (Å²) in [4.78, 5) is 17.2. The van der Waals surface area contributed by atoms with Gasteiger partial charge in [0.25, 0.3) is 5.56 Å². The van der Waals surface area contributed by atoms with E-state index in [0.717, 1.165) is 16.8 Å². The van der Waals surface area contributed by atoms with Crippen LogP contribution in [-0.2, 0) is 5.41 Å². The van der Waals surface area contributed by atoms with E-state index in [1.165, 1.54) is 4.68 Å². The Morgan fingerprint density at radius 2 is 1.68 bits per heavy atom. The smallest absolute Gasteiger partial charge is 0.277 e. The SMILES string of the molecule is CC(C)(C)c1c(-c2ccccc2)[nH]n(-c2ccccn2)c1=O. The molecule has 0 fully saturated rings. The van der Waals surface area contributed by atoms with E-state index in [9.17, 15) is 4.79 Å². The fraction of sp³-hybridized carbons (Fsp3) is 0.222. The van der Waals surface area contributed by atoms with Crippen molar-refractivity contribution in [2.24, 2.45) is 0 Å². The molecule has 3 rings (SSSR count). The van der Waals surface area contributed by atoms with Gasteiger partial charge in [-0.2, -0.15) is 0 Å². The normalized spacial score (nSPS) is 11.6. The molecule has 2 heterocycles. The minimum Gasteiger partial charge on any atom is -0.289 e. The van der Waals surface area contributed by atoms with E-state index in [1.54, 1.807) is 6.20 Å². The number of hydrogen-bond donors (Lipinski definition) is 1. The molecule has 4 nitrogen and oxygen atoms in total. The molecule has 0 radical (unpaired) electrons. The van der Waals surface area contributed by atoms with Crippen LogP contribution in [-0.4, -0.2) is 14.8 Å². The number of pyridine rings is 1. The van der Waals surface area contributed by atoms with Crippen LogP contribution in [0.4, 0.5) is 0 Å². The van der Waals surface area contributed by atoms with Crippen LogP contribution in [0.25, 0.3) is 17.1 Å². The second-order valence-electron chi connectivity index (χ2n) is 6.31. The monoisotopic (exact) mass is 293 g/mol. The molecule has 0 atom stereocenters. The van der Waals surface area contributed by atoms with Crippen LogP contribution < -0.4 is 5.56 Å². The fourth-order valence-electron chi connectivity index (χ4n) is 2.59. The minimum absolute atomic E-state index is 0.0509. The molecule has 0 amide bonds. The summed E-state index contributed by atoms with van der Waals surface area (Å²) in [6.45, 7) is 6.15. The number of nitrogens with zero attached hydrogens (tertiary/aromatic N) is 2. The molecule has 3 aromatic rings. The molecule has 0 bridgehead atoms. The highest BCUT2D eigenvalue weighted by Gasteiger charge is 2.27. The molecule has 0 saturated carbocycles. The van der Waals surface area contributed by atoms with Crippen molar-refractivity contribution in [3.63, 3.8) is 0 Å². The highest BCUT2D eigenvalue weighted by molar-refractivity contribution is 5.64. The predicted molar refractivity (Wildman–Crippen MR) is 88.3 cm³/mol. The van der Waals surface area contributed by atoms with Gasteiger partial charge in [0, 0.05) is 6.20 Å². The third kappa shape index (κ3) is 2.48. The summed E-state index contributed by atoms with van der Waals surface area (Å²) in [5.74, 6) is 0.597. The number of H-pyrrole nitrogens is 1. The molecule has 2 aromatic heterocycles. The van der Waals surface area contributed by atoms with Crippen molar-refractivity contribution < 1.29 is 0 Å². The van der Waals surface area contributed by atoms with Crippen LogP contribution >= 0.6 is 0 Å². The van der Waals surface area contributed by atoms with Gasteiger partial charge in [-0.25, -0.2) is 9.67 Å². The number of aromatic amines is 1. The Morgan fingerprint density at radius 1 is 1.00 bits per heavy atom. The molecule has 0 spiro atoms. The molecule has 0 aliphatic heterocycles. The van der Waals surface area contributed by atoms with Crippen LogP contribution in [0, 0.1) is 0 Å². The van der Waals surface area contributed by atoms with E-state index in [-0.39, 0.29) is 11.0 Å². The van der Waals surface area contributed by atoms with Crippen LogP contribution in [0.15, 0.2) is 59.5 Å². The van der Waals surface area contributed by atoms with Crippen molar-refractivity contribution in [2.45, 2.75) is 26.2 Å². The van der Waals surface area contributed by atoms with E-state index in [4.69, 9.17) is 0 Å². The summed E-state index contributed by atoms with van der Waals surface area (Å²) in [5.41, 5.74) is 2.30. The number of benzene rings is 1. The van der Waals surface area contributed by atoms with Crippen molar-refractivity contribution in [1.82, 2.24) is 14.8 Å². The van der Waals surface area contributed by atoms with Gasteiger partial charge in [-0.15, -0.1) is 0 Å². The molecule has 22 heavy (non-hydrogen) atoms. The zero-order valence-electron chi connectivity index (χ0n) is 13.0. The van der Waals surface area contributed by atoms with E-state index in [0.29, 0.717) is 5.82 Å². The average molecular weight is 293 g/mol. The molecule has 1 N–H and O–H groups in total. The fourth-order valence-corrected chi connectivity index (χ4v) is 2.59. The van der Waals surface area contributed by atoms with Gasteiger partial charge in [0.2, 0.25) is 0 Å². The Morgan fingerprint density at radius 3 is 2.27 bits per heavy atom. The van der Waals surface area contributed by atoms with E-state index >= 15 is 0 Å². The second-order valence-corrected chi connectivity index (χ2v) is 6.31. The van der Waals surface area contributed by atoms with Gasteiger partial charge in [0.1, 0.15) is 0 Å². The van der Waals surface area contributed by atoms with Crippen molar-refractivity contribution in [3.8, 4) is 17.1 Å². The quantitative estimate of drug-likeness (QED) is 0.786. The lowest BCUT2D eigenvalue weighted by Gasteiger charge is -2.17. The topological polar surface area (TPSA) is 50.7 Å². The molecule has 0 aliphatic carbocycles. The summed E-state index contributed by atoms with van der Waals surface area (Å²) in [6.07, 6.45) is 1.68. The summed E-state index contributed by atoms with van der Waals surface area (Å²) < 4.78 is 1.52. The molecule has 0 aliphatic rings. The summed E-state index contributed by atoms with van der Waals surface area (Å²) in [7, 11) is 0. The first-order valence-corrected chi connectivity index (χ1v) is 7.31. The van der Waals surface area contributed by atoms with Crippen LogP contribution in [0.2, 0.25) is 0 Å². The number of rotatable bonds is 2. The third-order valence-electron chi connectivity index (χ3n) is 3.58. The maximum absolute atomic E-state index is 12.9. The lowest BCUT2D eigenvalue weighted by atomic mass is 9.85. The first-order valence-electron chi connectivity index (χ1n) is 7.31. The molecule has 0 unspecified atom stereocenters. The van der Waals surface area contributed by atoms with Crippen LogP contribution in [0.5, 0.6) is 0 Å². The Hall–Kier alpha value is -2.62. The number of hydrogen-bond acceptors (Lipinski definition) is 2. The first-order chi connectivity index (χ1) is 10.5. The molecule has 112 valence electrons. The highest BCUT2D eigenvalue weighted by atomic mass is 16.1. The largest absolute Gasteiger partial charge is 0.289 e. The molecule has 1 aromatic carbocycles. The van der Waals surface area contributed by atoms with Gasteiger partial charge in [-0.05, 0) is 23.1 Å². The van der Waals surface area contributed by atoms with Crippen molar-refractivity contribution in [1.29, 1.82) is 0 Å². The highest BCUT2D eigenvalue weighted by Crippen LogP contribution is 2.29. The Bertz CT molecular complexity index is 824. The number of aromatic nitrogens is 3. The van der Waals surface area contributed by atoms with Gasteiger partial charge in [-0.1, -0.05) is 57.2 Å². The van der Waals surface area contributed by atoms with E-state index in [1.807, 2.05) is 69.3 Å². The van der Waals surface area contributed by atoms with Gasteiger partial charge in [0.05, 0.1) is 11.3 Å². The molecular weight excluding hydrogens is 274 g/mol. The van der Waals surface area contributed by atoms with Gasteiger partial charge in [-0.3, -0.25) is 9.89 Å². The lowest BCUT2D eigenvalue weighted by Crippen LogP contribution is -2.25. The van der Waals surface area contributed by atoms with Crippen LogP contribution in [0.3, 0.4) is 0 Å². The maximum Gasteiger partial charge on any atom is 0.277 e. The zero-order chi connectivity index (χ0) is 15.7. The summed E-state index contributed by atoms with van der Waals surface area (Å²) in [5, 5.41) is 3.23. The summed E-state index contributed by atoms with van der Waals surface area (Å²) >= 11 is 0. The third-order valence-corrected chi connectivity index (χ3v) is 3.58. The van der Waals surface area contributed by atoms with Crippen LogP contribution in [0.1, 0.15) is 26.3 Å². The van der Waals surface area contributed by atoms with Crippen molar-refractivity contribution in [2.75, 3.05) is 0 Å². The first kappa shape index (κ1) is 14.3. The molecular formula is C18H19N3O. The van der Waals surface area contributed by atoms with Gasteiger partial charge in [0.15, 0.2) is 5.82 Å². The second kappa shape index (κ2) is 5.30. The average Bonchev–Trinajstić information content (AvgIpc) is 2.87. The zero-order valence-corrected chi connectivity index (χ0v) is 13.0. The van der Waals surface area contributed by atoms with E-state index in [2.05, 4.69) is 10.1 Å². The Kier molecular flexibility index (Phi) is 3.45. The lowest BCUT2D eigenvalue weighted by molar-refractivity contribution is 0.585. The molecule has 4 heteroatoms. The predicted octanol–water partition coefficient (Wildman–Crippen LogP) is 3.53. The van der Waals surface area contributed by atoms with Crippen molar-refractivity contribution >= 4 is 0 Å². The summed E-state index contributed by atoms with van der Waals surface area (Å²) in [6, 6.07) is 15.4. The maximum atomic E-state index is 12.9. The molecule has 0 saturated heterocycles. The van der Waals surface area contributed by atoms with Crippen molar-refractivity contribution in [3.05, 3.63) is 70.6 Å². The standard InChI is InChI=1S/C18H19N3O/c1-18(2,3)15-16(13-9-5-4-6-10-13)20-21(17(15)22)14-11-7-8-12-19-14/h4-12,20H,1-3H3. The number of nitrogens with one attached hydrogen (secondary N) is 1. The minimum atomic E-state index is -0.265. The Balaban J connectivity index is 2.29.